The first-order valence-corrected chi connectivity index (χ1v) is 6.17. The van der Waals surface area contributed by atoms with Crippen LogP contribution in [-0.4, -0.2) is 16.9 Å². The number of rotatable bonds is 1. The number of halogens is 1. The summed E-state index contributed by atoms with van der Waals surface area (Å²) in [6, 6.07) is 15.6. The van der Waals surface area contributed by atoms with Crippen molar-refractivity contribution >= 4 is 34.2 Å². The summed E-state index contributed by atoms with van der Waals surface area (Å²) < 4.78 is 0. The van der Waals surface area contributed by atoms with E-state index in [4.69, 9.17) is 11.6 Å². The van der Waals surface area contributed by atoms with E-state index in [0.717, 1.165) is 0 Å². The molecule has 2 aromatic carbocycles. The lowest BCUT2D eigenvalue weighted by Gasteiger charge is -1.91. The van der Waals surface area contributed by atoms with Gasteiger partial charge in [-0.25, -0.2) is 0 Å². The van der Waals surface area contributed by atoms with Gasteiger partial charge in [0, 0.05) is 5.56 Å². The summed E-state index contributed by atoms with van der Waals surface area (Å²) in [5.41, 5.74) is 1.62. The third kappa shape index (κ3) is 3.10. The van der Waals surface area contributed by atoms with E-state index < -0.39 is 16.9 Å². The standard InChI is InChI=1S/C8H5NO2.C7H5ClO/c10-7-5-3-1-2-4-6(5)9-8(7)11;8-7(9)6-4-2-1-3-5-6/h1-4H,(H,9,10,11);1-5H. The van der Waals surface area contributed by atoms with E-state index >= 15 is 0 Å². The maximum Gasteiger partial charge on any atom is 0.296 e. The molecule has 1 heterocycles. The Morgan fingerprint density at radius 1 is 0.900 bits per heavy atom. The molecule has 0 atom stereocenters. The molecule has 1 aliphatic heterocycles. The molecule has 0 aromatic heterocycles. The van der Waals surface area contributed by atoms with Crippen LogP contribution in [0.5, 0.6) is 0 Å². The molecule has 20 heavy (non-hydrogen) atoms. The number of fused-ring (bicyclic) bond motifs is 1. The molecule has 0 fully saturated rings. The van der Waals surface area contributed by atoms with E-state index in [1.165, 1.54) is 0 Å². The molecule has 0 radical (unpaired) electrons. The van der Waals surface area contributed by atoms with E-state index in [1.807, 2.05) is 6.07 Å². The van der Waals surface area contributed by atoms with Gasteiger partial charge < -0.3 is 5.32 Å². The van der Waals surface area contributed by atoms with Crippen LogP contribution >= 0.6 is 11.6 Å². The number of benzene rings is 2. The molecule has 3 rings (SSSR count). The number of nitrogens with one attached hydrogen (secondary N) is 1. The van der Waals surface area contributed by atoms with Crippen molar-refractivity contribution in [1.82, 2.24) is 0 Å². The highest BCUT2D eigenvalue weighted by Crippen LogP contribution is 2.21. The van der Waals surface area contributed by atoms with Gasteiger partial charge in [-0.2, -0.15) is 0 Å². The van der Waals surface area contributed by atoms with Crippen LogP contribution < -0.4 is 5.32 Å². The van der Waals surface area contributed by atoms with Gasteiger partial charge in [-0.1, -0.05) is 42.5 Å². The first kappa shape index (κ1) is 14.0. The summed E-state index contributed by atoms with van der Waals surface area (Å²) >= 11 is 5.16. The molecule has 0 unspecified atom stereocenters. The minimum atomic E-state index is -0.536. The van der Waals surface area contributed by atoms with Gasteiger partial charge in [0.25, 0.3) is 16.9 Å². The van der Waals surface area contributed by atoms with E-state index in [0.29, 0.717) is 16.8 Å². The van der Waals surface area contributed by atoms with Crippen LogP contribution in [-0.2, 0) is 4.79 Å². The van der Waals surface area contributed by atoms with Crippen molar-refractivity contribution in [2.75, 3.05) is 5.32 Å². The molecule has 100 valence electrons. The summed E-state index contributed by atoms with van der Waals surface area (Å²) in [4.78, 5) is 32.2. The average Bonchev–Trinajstić information content (AvgIpc) is 2.76. The fourth-order valence-corrected chi connectivity index (χ4v) is 1.79. The Kier molecular flexibility index (Phi) is 4.27. The predicted octanol–water partition coefficient (Wildman–Crippen LogP) is 2.89. The number of hydrogen-bond acceptors (Lipinski definition) is 3. The maximum atomic E-state index is 11.0. The zero-order valence-electron chi connectivity index (χ0n) is 10.3. The van der Waals surface area contributed by atoms with Crippen LogP contribution in [0.15, 0.2) is 54.6 Å². The highest BCUT2D eigenvalue weighted by atomic mass is 35.5. The minimum absolute atomic E-state index is 0.407. The van der Waals surface area contributed by atoms with Crippen LogP contribution in [0.25, 0.3) is 0 Å². The van der Waals surface area contributed by atoms with E-state index in [2.05, 4.69) is 5.32 Å². The Balaban J connectivity index is 0.000000151. The van der Waals surface area contributed by atoms with Gasteiger partial charge in [-0.15, -0.1) is 0 Å². The van der Waals surface area contributed by atoms with Gasteiger partial charge in [-0.05, 0) is 23.7 Å². The molecule has 1 N–H and O–H groups in total. The Labute approximate surface area is 120 Å². The van der Waals surface area contributed by atoms with Gasteiger partial charge in [0.2, 0.25) is 0 Å². The number of amides is 1. The number of Topliss-reactive ketones (excluding diaryl/α,β-unsaturated/α-hetero) is 1. The van der Waals surface area contributed by atoms with Gasteiger partial charge in [-0.3, -0.25) is 14.4 Å². The second-order valence-corrected chi connectivity index (χ2v) is 4.31. The third-order valence-electron chi connectivity index (χ3n) is 2.63. The topological polar surface area (TPSA) is 63.2 Å². The zero-order chi connectivity index (χ0) is 14.5. The van der Waals surface area contributed by atoms with Crippen LogP contribution in [0, 0.1) is 0 Å². The minimum Gasteiger partial charge on any atom is -0.318 e. The Bertz CT molecular complexity index is 668. The molecule has 0 bridgehead atoms. The molecular weight excluding hydrogens is 278 g/mol. The van der Waals surface area contributed by atoms with Crippen molar-refractivity contribution in [2.24, 2.45) is 0 Å². The quantitative estimate of drug-likeness (QED) is 0.648. The number of para-hydroxylation sites is 1. The van der Waals surface area contributed by atoms with Gasteiger partial charge in [0.15, 0.2) is 0 Å². The first-order chi connectivity index (χ1) is 9.59. The molecule has 2 aromatic rings. The van der Waals surface area contributed by atoms with E-state index in [-0.39, 0.29) is 0 Å². The predicted molar refractivity (Wildman–Crippen MR) is 76.0 cm³/mol. The summed E-state index contributed by atoms with van der Waals surface area (Å²) in [6.45, 7) is 0. The molecule has 1 aliphatic rings. The highest BCUT2D eigenvalue weighted by molar-refractivity contribution is 6.67. The van der Waals surface area contributed by atoms with E-state index in [1.54, 1.807) is 48.5 Å². The van der Waals surface area contributed by atoms with E-state index in [9.17, 15) is 14.4 Å². The number of ketones is 1. The zero-order valence-corrected chi connectivity index (χ0v) is 11.1. The Morgan fingerprint density at radius 3 is 2.05 bits per heavy atom. The number of hydrogen-bond donors (Lipinski definition) is 1. The van der Waals surface area contributed by atoms with Crippen molar-refractivity contribution in [3.63, 3.8) is 0 Å². The van der Waals surface area contributed by atoms with Crippen LogP contribution in [0.1, 0.15) is 20.7 Å². The van der Waals surface area contributed by atoms with Crippen molar-refractivity contribution in [1.29, 1.82) is 0 Å². The van der Waals surface area contributed by atoms with Crippen molar-refractivity contribution in [2.45, 2.75) is 0 Å². The Morgan fingerprint density at radius 2 is 1.50 bits per heavy atom. The largest absolute Gasteiger partial charge is 0.318 e. The molecule has 0 saturated heterocycles. The lowest BCUT2D eigenvalue weighted by Crippen LogP contribution is -2.12. The molecule has 1 amide bonds. The molecule has 0 saturated carbocycles. The average molecular weight is 288 g/mol. The molecule has 0 spiro atoms. The SMILES string of the molecule is O=C(Cl)c1ccccc1.O=C1Nc2ccccc2C1=O. The van der Waals surface area contributed by atoms with Crippen LogP contribution in [0.2, 0.25) is 0 Å². The smallest absolute Gasteiger partial charge is 0.296 e. The summed E-state index contributed by atoms with van der Waals surface area (Å²) in [7, 11) is 0. The van der Waals surface area contributed by atoms with Crippen LogP contribution in [0.3, 0.4) is 0 Å². The molecule has 5 heteroatoms. The normalized spacial score (nSPS) is 12.1. The van der Waals surface area contributed by atoms with Crippen LogP contribution in [0.4, 0.5) is 5.69 Å². The Hall–Kier alpha value is -2.46. The summed E-state index contributed by atoms with van der Waals surface area (Å²) in [5.74, 6) is -0.980. The third-order valence-corrected chi connectivity index (χ3v) is 2.85. The van der Waals surface area contributed by atoms with Crippen molar-refractivity contribution < 1.29 is 14.4 Å². The monoisotopic (exact) mass is 287 g/mol. The number of carbonyl (C=O) groups excluding carboxylic acids is 3. The summed E-state index contributed by atoms with van der Waals surface area (Å²) in [5, 5.41) is 2.05. The maximum absolute atomic E-state index is 11.0. The fraction of sp³-hybridized carbons (Fsp3) is 0. The van der Waals surface area contributed by atoms with Gasteiger partial charge in [0.05, 0.1) is 11.3 Å². The van der Waals surface area contributed by atoms with Gasteiger partial charge >= 0.3 is 0 Å². The second kappa shape index (κ2) is 6.12. The highest BCUT2D eigenvalue weighted by Gasteiger charge is 2.26. The molecular formula is C15H10ClNO3. The second-order valence-electron chi connectivity index (χ2n) is 3.97. The molecule has 4 nitrogen and oxygen atoms in total. The van der Waals surface area contributed by atoms with Crippen molar-refractivity contribution in [3.8, 4) is 0 Å². The number of anilines is 1. The molecule has 0 aliphatic carbocycles. The lowest BCUT2D eigenvalue weighted by molar-refractivity contribution is -0.112. The first-order valence-electron chi connectivity index (χ1n) is 5.79. The van der Waals surface area contributed by atoms with Crippen molar-refractivity contribution in [3.05, 3.63) is 65.7 Å². The number of carbonyl (C=O) groups is 3. The summed E-state index contributed by atoms with van der Waals surface area (Å²) in [6.07, 6.45) is 0. The van der Waals surface area contributed by atoms with Gasteiger partial charge in [0.1, 0.15) is 0 Å². The lowest BCUT2D eigenvalue weighted by atomic mass is 10.1. The fourth-order valence-electron chi connectivity index (χ4n) is 1.66.